The lowest BCUT2D eigenvalue weighted by molar-refractivity contribution is 0.0519. The third-order valence-electron chi connectivity index (χ3n) is 2.07. The fourth-order valence-electron chi connectivity index (χ4n) is 1.33. The van der Waals surface area contributed by atoms with Gasteiger partial charge in [-0.25, -0.2) is 4.79 Å². The molecule has 2 rings (SSSR count). The average molecular weight is 296 g/mol. The van der Waals surface area contributed by atoms with Crippen molar-refractivity contribution in [1.82, 2.24) is 15.2 Å². The van der Waals surface area contributed by atoms with Crippen LogP contribution in [-0.2, 0) is 4.74 Å². The Kier molecular flexibility index (Phi) is 3.53. The van der Waals surface area contributed by atoms with Gasteiger partial charge in [-0.05, 0) is 35.0 Å². The van der Waals surface area contributed by atoms with Gasteiger partial charge >= 0.3 is 5.97 Å². The summed E-state index contributed by atoms with van der Waals surface area (Å²) < 4.78 is 5.72. The van der Waals surface area contributed by atoms with Crippen molar-refractivity contribution in [2.75, 3.05) is 6.61 Å². The summed E-state index contributed by atoms with van der Waals surface area (Å²) in [6.45, 7) is 2.10. The van der Waals surface area contributed by atoms with Gasteiger partial charge < -0.3 is 4.74 Å². The number of hydrogen-bond donors (Lipinski definition) is 1. The Bertz CT molecular complexity index is 539. The van der Waals surface area contributed by atoms with Gasteiger partial charge in [-0.1, -0.05) is 0 Å². The Labute approximate surface area is 106 Å². The summed E-state index contributed by atoms with van der Waals surface area (Å²) in [5, 5.41) is 6.68. The number of H-pyrrole nitrogens is 1. The van der Waals surface area contributed by atoms with Crippen molar-refractivity contribution < 1.29 is 9.53 Å². The van der Waals surface area contributed by atoms with E-state index in [4.69, 9.17) is 4.74 Å². The highest BCUT2D eigenvalue weighted by Gasteiger charge is 2.11. The topological polar surface area (TPSA) is 67.9 Å². The highest BCUT2D eigenvalue weighted by Crippen LogP contribution is 2.20. The third kappa shape index (κ3) is 2.71. The predicted molar refractivity (Wildman–Crippen MR) is 65.5 cm³/mol. The Balaban J connectivity index is 2.27. The van der Waals surface area contributed by atoms with E-state index in [0.717, 1.165) is 10.0 Å². The summed E-state index contributed by atoms with van der Waals surface area (Å²) in [7, 11) is 0. The van der Waals surface area contributed by atoms with Gasteiger partial charge in [0.2, 0.25) is 0 Å². The van der Waals surface area contributed by atoms with E-state index >= 15 is 0 Å². The highest BCUT2D eigenvalue weighted by molar-refractivity contribution is 9.10. The van der Waals surface area contributed by atoms with E-state index in [0.29, 0.717) is 18.0 Å². The average Bonchev–Trinajstić information content (AvgIpc) is 2.78. The standard InChI is InChI=1S/C11H10BrN3O2/c1-2-17-11(16)10-4-9(14-15-10)7-3-8(12)6-13-5-7/h3-6H,2H2,1H3,(H,14,15). The van der Waals surface area contributed by atoms with Gasteiger partial charge in [0.25, 0.3) is 0 Å². The van der Waals surface area contributed by atoms with E-state index in [1.165, 1.54) is 0 Å². The lowest BCUT2D eigenvalue weighted by Gasteiger charge is -1.96. The first-order valence-corrected chi connectivity index (χ1v) is 5.83. The SMILES string of the molecule is CCOC(=O)c1cc(-c2cncc(Br)c2)n[nH]1. The molecule has 0 atom stereocenters. The number of carbonyl (C=O) groups excluding carboxylic acids is 1. The molecule has 6 heteroatoms. The maximum Gasteiger partial charge on any atom is 0.356 e. The molecule has 5 nitrogen and oxygen atoms in total. The third-order valence-corrected chi connectivity index (χ3v) is 2.51. The van der Waals surface area contributed by atoms with Crippen molar-refractivity contribution in [3.63, 3.8) is 0 Å². The molecule has 2 aromatic rings. The quantitative estimate of drug-likeness (QED) is 0.883. The molecule has 0 aromatic carbocycles. The van der Waals surface area contributed by atoms with Crippen LogP contribution < -0.4 is 0 Å². The fraction of sp³-hybridized carbons (Fsp3) is 0.182. The molecular formula is C11H10BrN3O2. The number of aromatic amines is 1. The molecular weight excluding hydrogens is 286 g/mol. The number of hydrogen-bond acceptors (Lipinski definition) is 4. The van der Waals surface area contributed by atoms with Crippen LogP contribution in [0, 0.1) is 0 Å². The van der Waals surface area contributed by atoms with Crippen LogP contribution >= 0.6 is 15.9 Å². The molecule has 2 aromatic heterocycles. The van der Waals surface area contributed by atoms with Crippen LogP contribution in [0.3, 0.4) is 0 Å². The zero-order valence-electron chi connectivity index (χ0n) is 9.11. The first kappa shape index (κ1) is 11.8. The number of halogens is 1. The van der Waals surface area contributed by atoms with Gasteiger partial charge in [-0.3, -0.25) is 10.1 Å². The van der Waals surface area contributed by atoms with E-state index in [9.17, 15) is 4.79 Å². The number of nitrogens with one attached hydrogen (secondary N) is 1. The van der Waals surface area contributed by atoms with Gasteiger partial charge in [0.05, 0.1) is 12.3 Å². The molecule has 0 aliphatic rings. The number of pyridine rings is 1. The molecule has 0 aliphatic carbocycles. The smallest absolute Gasteiger partial charge is 0.356 e. The van der Waals surface area contributed by atoms with Gasteiger partial charge in [-0.15, -0.1) is 0 Å². The summed E-state index contributed by atoms with van der Waals surface area (Å²) in [6, 6.07) is 3.51. The molecule has 0 bridgehead atoms. The maximum absolute atomic E-state index is 11.4. The number of rotatable bonds is 3. The van der Waals surface area contributed by atoms with Crippen LogP contribution in [0.25, 0.3) is 11.3 Å². The Morgan fingerprint density at radius 3 is 3.00 bits per heavy atom. The number of carbonyl (C=O) groups is 1. The summed E-state index contributed by atoms with van der Waals surface area (Å²) in [5.74, 6) is -0.408. The van der Waals surface area contributed by atoms with Gasteiger partial charge in [0, 0.05) is 22.4 Å². The van der Waals surface area contributed by atoms with Crippen molar-refractivity contribution in [3.8, 4) is 11.3 Å². The van der Waals surface area contributed by atoms with Gasteiger partial charge in [0.15, 0.2) is 0 Å². The molecule has 0 saturated heterocycles. The minimum atomic E-state index is -0.408. The summed E-state index contributed by atoms with van der Waals surface area (Å²) >= 11 is 3.33. The molecule has 1 N–H and O–H groups in total. The van der Waals surface area contributed by atoms with Crippen molar-refractivity contribution >= 4 is 21.9 Å². The molecule has 88 valence electrons. The first-order valence-electron chi connectivity index (χ1n) is 5.04. The van der Waals surface area contributed by atoms with Crippen LogP contribution in [0.2, 0.25) is 0 Å². The van der Waals surface area contributed by atoms with Crippen molar-refractivity contribution in [2.45, 2.75) is 6.92 Å². The molecule has 0 saturated carbocycles. The normalized spacial score (nSPS) is 10.2. The zero-order valence-corrected chi connectivity index (χ0v) is 10.7. The van der Waals surface area contributed by atoms with Crippen LogP contribution in [0.5, 0.6) is 0 Å². The van der Waals surface area contributed by atoms with Crippen LogP contribution in [0.15, 0.2) is 29.0 Å². The van der Waals surface area contributed by atoms with E-state index in [1.54, 1.807) is 25.4 Å². The lowest BCUT2D eigenvalue weighted by Crippen LogP contribution is -2.04. The van der Waals surface area contributed by atoms with Crippen molar-refractivity contribution in [3.05, 3.63) is 34.7 Å². The Hall–Kier alpha value is -1.69. The lowest BCUT2D eigenvalue weighted by atomic mass is 10.2. The number of esters is 1. The molecule has 0 unspecified atom stereocenters. The molecule has 0 fully saturated rings. The van der Waals surface area contributed by atoms with Crippen molar-refractivity contribution in [2.24, 2.45) is 0 Å². The van der Waals surface area contributed by atoms with Crippen LogP contribution in [-0.4, -0.2) is 27.8 Å². The fourth-order valence-corrected chi connectivity index (χ4v) is 1.70. The second kappa shape index (κ2) is 5.09. The van der Waals surface area contributed by atoms with Crippen LogP contribution in [0.4, 0.5) is 0 Å². The largest absolute Gasteiger partial charge is 0.461 e. The second-order valence-electron chi connectivity index (χ2n) is 3.28. The first-order chi connectivity index (χ1) is 8.20. The van der Waals surface area contributed by atoms with E-state index in [2.05, 4.69) is 31.1 Å². The Morgan fingerprint density at radius 1 is 1.47 bits per heavy atom. The number of nitrogens with zero attached hydrogens (tertiary/aromatic N) is 2. The second-order valence-corrected chi connectivity index (χ2v) is 4.19. The number of aromatic nitrogens is 3. The Morgan fingerprint density at radius 2 is 2.29 bits per heavy atom. The molecule has 0 radical (unpaired) electrons. The summed E-state index contributed by atoms with van der Waals surface area (Å²) in [5.41, 5.74) is 1.81. The van der Waals surface area contributed by atoms with E-state index in [-0.39, 0.29) is 0 Å². The number of ether oxygens (including phenoxy) is 1. The molecule has 2 heterocycles. The minimum absolute atomic E-state index is 0.335. The highest BCUT2D eigenvalue weighted by atomic mass is 79.9. The van der Waals surface area contributed by atoms with Gasteiger partial charge in [-0.2, -0.15) is 5.10 Å². The summed E-state index contributed by atoms with van der Waals surface area (Å²) in [6.07, 6.45) is 3.36. The van der Waals surface area contributed by atoms with E-state index in [1.807, 2.05) is 6.07 Å². The molecule has 0 amide bonds. The van der Waals surface area contributed by atoms with Crippen LogP contribution in [0.1, 0.15) is 17.4 Å². The molecule has 0 spiro atoms. The van der Waals surface area contributed by atoms with Gasteiger partial charge in [0.1, 0.15) is 5.69 Å². The minimum Gasteiger partial charge on any atom is -0.461 e. The predicted octanol–water partition coefficient (Wildman–Crippen LogP) is 2.41. The molecule has 17 heavy (non-hydrogen) atoms. The zero-order chi connectivity index (χ0) is 12.3. The maximum atomic E-state index is 11.4. The van der Waals surface area contributed by atoms with Crippen molar-refractivity contribution in [1.29, 1.82) is 0 Å². The molecule has 0 aliphatic heterocycles. The van der Waals surface area contributed by atoms with E-state index < -0.39 is 5.97 Å². The monoisotopic (exact) mass is 295 g/mol. The summed E-state index contributed by atoms with van der Waals surface area (Å²) in [4.78, 5) is 15.5.